The lowest BCUT2D eigenvalue weighted by Gasteiger charge is -2.31. The topological polar surface area (TPSA) is 137 Å². The number of amides is 1. The number of benzene rings is 1. The standard InChI is InChI=1S/C23H29NO9/c1-22(2,3)33-21(29)24-15(11-12-16(25)30-13-14-9-7-6-8-10-14)18(26)17-19(27)31-23(4,5)32-20(17)28/h6-10,15,26H,11-13H2,1-5H3,(H,24,29). The number of carbonyl (C=O) groups is 4. The van der Waals surface area contributed by atoms with Crippen LogP contribution in [0.25, 0.3) is 0 Å². The molecule has 180 valence electrons. The van der Waals surface area contributed by atoms with Gasteiger partial charge in [-0.1, -0.05) is 30.3 Å². The van der Waals surface area contributed by atoms with Gasteiger partial charge in [-0.2, -0.15) is 0 Å². The highest BCUT2D eigenvalue weighted by molar-refractivity contribution is 6.15. The number of aliphatic hydroxyl groups is 1. The third-order valence-corrected chi connectivity index (χ3v) is 4.24. The number of rotatable bonds is 7. The SMILES string of the molecule is CC(C)(C)OC(=O)NC(CCC(=O)OCc1ccccc1)C(O)=C1C(=O)OC(C)(C)OC1=O. The average molecular weight is 463 g/mol. The van der Waals surface area contributed by atoms with E-state index in [2.05, 4.69) is 5.32 Å². The molecule has 0 aromatic heterocycles. The van der Waals surface area contributed by atoms with Gasteiger partial charge < -0.3 is 29.4 Å². The minimum absolute atomic E-state index is 0.0463. The molecule has 0 aliphatic carbocycles. The molecule has 1 fully saturated rings. The Labute approximate surface area is 191 Å². The van der Waals surface area contributed by atoms with E-state index in [4.69, 9.17) is 18.9 Å². The van der Waals surface area contributed by atoms with Crippen LogP contribution in [-0.2, 0) is 39.9 Å². The molecule has 0 bridgehead atoms. The molecule has 1 amide bonds. The van der Waals surface area contributed by atoms with Gasteiger partial charge in [-0.25, -0.2) is 14.4 Å². The van der Waals surface area contributed by atoms with E-state index >= 15 is 0 Å². The summed E-state index contributed by atoms with van der Waals surface area (Å²) in [6.45, 7) is 7.67. The number of carbonyl (C=O) groups excluding carboxylic acids is 4. The predicted molar refractivity (Wildman–Crippen MR) is 115 cm³/mol. The summed E-state index contributed by atoms with van der Waals surface area (Å²) < 4.78 is 20.3. The summed E-state index contributed by atoms with van der Waals surface area (Å²) in [5.74, 6) is -5.15. The van der Waals surface area contributed by atoms with E-state index in [1.54, 1.807) is 45.0 Å². The lowest BCUT2D eigenvalue weighted by molar-refractivity contribution is -0.222. The van der Waals surface area contributed by atoms with Crippen molar-refractivity contribution in [2.45, 2.75) is 71.5 Å². The molecule has 1 saturated heterocycles. The van der Waals surface area contributed by atoms with Crippen LogP contribution < -0.4 is 5.32 Å². The normalized spacial score (nSPS) is 16.2. The van der Waals surface area contributed by atoms with E-state index in [9.17, 15) is 24.3 Å². The Morgan fingerprint density at radius 2 is 1.67 bits per heavy atom. The molecule has 10 heteroatoms. The third-order valence-electron chi connectivity index (χ3n) is 4.24. The number of nitrogens with one attached hydrogen (secondary N) is 1. The number of esters is 3. The molecule has 1 aliphatic heterocycles. The molecule has 1 atom stereocenters. The zero-order valence-corrected chi connectivity index (χ0v) is 19.3. The van der Waals surface area contributed by atoms with Crippen molar-refractivity contribution < 1.29 is 43.2 Å². The van der Waals surface area contributed by atoms with Crippen molar-refractivity contribution in [1.29, 1.82) is 0 Å². The van der Waals surface area contributed by atoms with Crippen LogP contribution in [0.15, 0.2) is 41.7 Å². The van der Waals surface area contributed by atoms with Crippen LogP contribution in [0.4, 0.5) is 4.79 Å². The molecule has 1 heterocycles. The summed E-state index contributed by atoms with van der Waals surface area (Å²) in [7, 11) is 0. The Hall–Kier alpha value is -3.56. The molecule has 1 aromatic carbocycles. The monoisotopic (exact) mass is 463 g/mol. The Balaban J connectivity index is 2.15. The van der Waals surface area contributed by atoms with Crippen molar-refractivity contribution in [3.05, 3.63) is 47.2 Å². The highest BCUT2D eigenvalue weighted by atomic mass is 16.7. The molecular formula is C23H29NO9. The highest BCUT2D eigenvalue weighted by Crippen LogP contribution is 2.26. The smallest absolute Gasteiger partial charge is 0.408 e. The van der Waals surface area contributed by atoms with Crippen LogP contribution in [0.5, 0.6) is 0 Å². The maximum Gasteiger partial charge on any atom is 0.408 e. The number of cyclic esters (lactones) is 2. The van der Waals surface area contributed by atoms with Crippen LogP contribution in [0, 0.1) is 0 Å². The lowest BCUT2D eigenvalue weighted by Crippen LogP contribution is -2.45. The quantitative estimate of drug-likeness (QED) is 0.205. The molecule has 0 radical (unpaired) electrons. The van der Waals surface area contributed by atoms with E-state index < -0.39 is 52.8 Å². The third kappa shape index (κ3) is 8.13. The molecule has 2 N–H and O–H groups in total. The van der Waals surface area contributed by atoms with Crippen molar-refractivity contribution in [1.82, 2.24) is 5.32 Å². The minimum Gasteiger partial charge on any atom is -0.509 e. The van der Waals surface area contributed by atoms with E-state index in [0.717, 1.165) is 5.56 Å². The molecule has 1 aromatic rings. The molecule has 33 heavy (non-hydrogen) atoms. The molecule has 0 spiro atoms. The van der Waals surface area contributed by atoms with Crippen LogP contribution >= 0.6 is 0 Å². The molecule has 1 aliphatic rings. The maximum absolute atomic E-state index is 12.3. The number of hydrogen-bond acceptors (Lipinski definition) is 9. The first-order chi connectivity index (χ1) is 15.3. The second-order valence-electron chi connectivity index (χ2n) is 8.82. The number of alkyl carbamates (subject to hydrolysis) is 1. The lowest BCUT2D eigenvalue weighted by atomic mass is 10.0. The summed E-state index contributed by atoms with van der Waals surface area (Å²) in [6, 6.07) is 7.70. The fraction of sp³-hybridized carbons (Fsp3) is 0.478. The second kappa shape index (κ2) is 10.4. The van der Waals surface area contributed by atoms with Crippen LogP contribution in [0.1, 0.15) is 53.0 Å². The van der Waals surface area contributed by atoms with Crippen LogP contribution in [-0.4, -0.2) is 46.5 Å². The fourth-order valence-electron chi connectivity index (χ4n) is 2.84. The van der Waals surface area contributed by atoms with E-state index in [1.165, 1.54) is 13.8 Å². The maximum atomic E-state index is 12.3. The van der Waals surface area contributed by atoms with Gasteiger partial charge in [-0.15, -0.1) is 0 Å². The van der Waals surface area contributed by atoms with Crippen molar-refractivity contribution in [3.8, 4) is 0 Å². The fourth-order valence-corrected chi connectivity index (χ4v) is 2.84. The van der Waals surface area contributed by atoms with Gasteiger partial charge >= 0.3 is 24.0 Å². The number of ether oxygens (including phenoxy) is 4. The summed E-state index contributed by atoms with van der Waals surface area (Å²) in [5.41, 5.74) is -0.832. The average Bonchev–Trinajstić information content (AvgIpc) is 2.67. The van der Waals surface area contributed by atoms with Crippen molar-refractivity contribution in [2.24, 2.45) is 0 Å². The molecule has 10 nitrogen and oxygen atoms in total. The van der Waals surface area contributed by atoms with Crippen molar-refractivity contribution in [3.63, 3.8) is 0 Å². The van der Waals surface area contributed by atoms with Gasteiger partial charge in [0.15, 0.2) is 5.57 Å². The van der Waals surface area contributed by atoms with Gasteiger partial charge in [0, 0.05) is 20.3 Å². The van der Waals surface area contributed by atoms with E-state index in [0.29, 0.717) is 0 Å². The Morgan fingerprint density at radius 3 is 2.21 bits per heavy atom. The summed E-state index contributed by atoms with van der Waals surface area (Å²) in [5, 5.41) is 13.0. The van der Waals surface area contributed by atoms with Gasteiger partial charge in [0.2, 0.25) is 0 Å². The summed E-state index contributed by atoms with van der Waals surface area (Å²) in [6.07, 6.45) is -1.35. The minimum atomic E-state index is -1.51. The summed E-state index contributed by atoms with van der Waals surface area (Å²) >= 11 is 0. The van der Waals surface area contributed by atoms with Gasteiger partial charge in [-0.05, 0) is 32.8 Å². The van der Waals surface area contributed by atoms with Crippen molar-refractivity contribution >= 4 is 24.0 Å². The van der Waals surface area contributed by atoms with Crippen LogP contribution in [0.2, 0.25) is 0 Å². The van der Waals surface area contributed by atoms with Crippen molar-refractivity contribution in [2.75, 3.05) is 0 Å². The van der Waals surface area contributed by atoms with Gasteiger partial charge in [0.1, 0.15) is 18.0 Å². The zero-order chi connectivity index (χ0) is 24.8. The van der Waals surface area contributed by atoms with Gasteiger partial charge in [0.25, 0.3) is 5.79 Å². The Bertz CT molecular complexity index is 907. The first-order valence-corrected chi connectivity index (χ1v) is 10.4. The molecule has 0 saturated carbocycles. The molecule has 1 unspecified atom stereocenters. The van der Waals surface area contributed by atoms with Gasteiger partial charge in [-0.3, -0.25) is 4.79 Å². The summed E-state index contributed by atoms with van der Waals surface area (Å²) in [4.78, 5) is 49.1. The first kappa shape index (κ1) is 25.7. The Kier molecular flexibility index (Phi) is 8.08. The largest absolute Gasteiger partial charge is 0.509 e. The van der Waals surface area contributed by atoms with Crippen LogP contribution in [0.3, 0.4) is 0 Å². The molecular weight excluding hydrogens is 434 g/mol. The zero-order valence-electron chi connectivity index (χ0n) is 19.3. The van der Waals surface area contributed by atoms with E-state index in [-0.39, 0.29) is 19.4 Å². The number of hydrogen-bond donors (Lipinski definition) is 2. The van der Waals surface area contributed by atoms with Gasteiger partial charge in [0.05, 0.1) is 6.04 Å². The predicted octanol–water partition coefficient (Wildman–Crippen LogP) is 3.05. The van der Waals surface area contributed by atoms with E-state index in [1.807, 2.05) is 6.07 Å². The highest BCUT2D eigenvalue weighted by Gasteiger charge is 2.42. The second-order valence-corrected chi connectivity index (χ2v) is 8.82. The molecule has 2 rings (SSSR count). The first-order valence-electron chi connectivity index (χ1n) is 10.4. The number of aliphatic hydroxyl groups excluding tert-OH is 1. The Morgan fingerprint density at radius 1 is 1.09 bits per heavy atom.